The zero-order chi connectivity index (χ0) is 67.8. The molecule has 0 aromatic rings. The molecule has 0 spiro atoms. The van der Waals surface area contributed by atoms with E-state index >= 15 is 0 Å². The van der Waals surface area contributed by atoms with Crippen molar-refractivity contribution in [3.8, 4) is 0 Å². The molecule has 15 N–H and O–H groups in total. The number of nitrogens with two attached hydrogens (primary N) is 1. The molecule has 4 saturated carbocycles. The maximum atomic E-state index is 12.6. The molecule has 7 aliphatic rings. The second-order valence-corrected chi connectivity index (χ2v) is 28.2. The summed E-state index contributed by atoms with van der Waals surface area (Å²) in [5.74, 6) is -3.76. The van der Waals surface area contributed by atoms with E-state index in [1.807, 2.05) is 19.1 Å². The number of ether oxygens (including phenoxy) is 4. The average molecular weight is 1320 g/mol. The van der Waals surface area contributed by atoms with Crippen molar-refractivity contribution in [2.75, 3.05) is 0 Å². The Hall–Kier alpha value is -3.05. The molecule has 22 nitrogen and oxygen atoms in total. The number of carboxylic acids is 2. The smallest absolute Gasteiger partial charge is 0.550 e. The van der Waals surface area contributed by atoms with Crippen LogP contribution in [0.1, 0.15) is 157 Å². The predicted molar refractivity (Wildman–Crippen MR) is 338 cm³/mol. The van der Waals surface area contributed by atoms with Gasteiger partial charge in [0.05, 0.1) is 91.8 Å². The quantitative estimate of drug-likeness (QED) is 0.122. The number of fused-ring (bicyclic) bond motifs is 7. The fourth-order valence-electron chi connectivity index (χ4n) is 16.3. The van der Waals surface area contributed by atoms with Crippen LogP contribution in [0.5, 0.6) is 0 Å². The van der Waals surface area contributed by atoms with Crippen molar-refractivity contribution in [1.82, 2.24) is 0 Å². The van der Waals surface area contributed by atoms with Crippen LogP contribution in [0.2, 0.25) is 0 Å². The second-order valence-electron chi connectivity index (χ2n) is 28.2. The van der Waals surface area contributed by atoms with Crippen molar-refractivity contribution in [2.45, 2.75) is 267 Å². The number of hydrogen-bond donors (Lipinski definition) is 14. The number of aliphatic hydroxyl groups is 12. The number of rotatable bonds is 7. The van der Waals surface area contributed by atoms with Crippen LogP contribution in [0.3, 0.4) is 0 Å². The van der Waals surface area contributed by atoms with E-state index in [9.17, 15) is 85.9 Å². The molecule has 0 aromatic carbocycles. The monoisotopic (exact) mass is 1320 g/mol. The van der Waals surface area contributed by atoms with Gasteiger partial charge in [0.2, 0.25) is 0 Å². The number of carbonyl (C=O) groups is 3. The fraction of sp³-hybridized carbons (Fsp3) is 0.757. The van der Waals surface area contributed by atoms with Gasteiger partial charge in [0.1, 0.15) is 18.1 Å². The maximum Gasteiger partial charge on any atom is 1.00 e. The van der Waals surface area contributed by atoms with Crippen LogP contribution in [0.15, 0.2) is 85.1 Å². The first-order valence-corrected chi connectivity index (χ1v) is 33.7. The number of carboxylic acid groups (broad SMARTS) is 2. The van der Waals surface area contributed by atoms with E-state index in [1.54, 1.807) is 80.7 Å². The summed E-state index contributed by atoms with van der Waals surface area (Å²) < 4.78 is 23.1. The van der Waals surface area contributed by atoms with Crippen LogP contribution < -0.4 is 40.4 Å². The SMILES string of the molecule is C[C@@H]1[C@H](O)[C@@H](C)\C=C/C=C\C=C/C=C\C=C/C=C\C=C\[C@H](O[C@@H]2O[C@H](C)[C@@H](O)[C@H](N)[C@@H]2O)C[C@@H]2O[C@](O)(C[C@@H](O)C[C@@H](O)[C@H](O)CC[C@@H](O)C[C@@H](O)CC(=O)O[C@H]1C)C[C@H](O)[C@H]2C(=O)O.C[C@H](CCC(=O)[O-])[C@H]1CC[C@H]2[C@@H]3CC[C@@H]4C[C@H](O)CC[C@@H]4[C@H]3C[C@H](O)[C@]12C.[Na+]. The standard InChI is InChI=1S/C47H73NO17.C23H38O4.Na/c1-27-17-15-13-11-9-7-5-6-8-10-12-14-16-18-34(64-46-44(58)41(48)43(57)30(4)63-46)24-38-40(45(59)60)37(54)26-47(61,65-38)25-33(51)22-36(53)35(52)20-19-31(49)21-32(50)23-39(55)62-29(3)28(2)42(27)56;1-13(3-10-22(26)27)19-8-9-20-17-6-4-14-11-15(24)5-7-16(14)18(17)12-21(25)23(19,20)2;/h5-18,27-38,40-44,46,49-54,56-58,61H,19-26,48H2,1-4H3,(H,59,60);13-21,24-25H,3-12H2,1-2H3,(H,26,27);/q;;+1/p-1/b6-5-,9-7-,10-8-,13-11-,14-12-,17-15-,18-16+;;/t27-,28-,29-,30+,31+,32+,33-,34-,35+,36+,37-,38-,40+,41-,42+,43+,44-,46-,47+;13-,14-,15-,16+,17-,18-,19-,20+,21+,23-;/m01./s1. The van der Waals surface area contributed by atoms with Gasteiger partial charge in [-0.3, -0.25) is 9.59 Å². The molecule has 522 valence electrons. The normalized spacial score (nSPS) is 46.4. The van der Waals surface area contributed by atoms with Crippen molar-refractivity contribution >= 4 is 17.9 Å². The molecule has 7 rings (SSSR count). The van der Waals surface area contributed by atoms with Crippen LogP contribution in [-0.4, -0.2) is 194 Å². The van der Waals surface area contributed by atoms with E-state index in [-0.39, 0.29) is 85.2 Å². The molecule has 29 atom stereocenters. The van der Waals surface area contributed by atoms with Crippen molar-refractivity contribution in [1.29, 1.82) is 0 Å². The first kappa shape index (κ1) is 80.6. The van der Waals surface area contributed by atoms with E-state index in [4.69, 9.17) is 24.7 Å². The molecule has 93 heavy (non-hydrogen) atoms. The molecule has 2 saturated heterocycles. The van der Waals surface area contributed by atoms with E-state index in [0.29, 0.717) is 47.8 Å². The summed E-state index contributed by atoms with van der Waals surface area (Å²) in [5, 5.41) is 150. The van der Waals surface area contributed by atoms with Crippen LogP contribution in [0, 0.1) is 64.6 Å². The Morgan fingerprint density at radius 3 is 1.86 bits per heavy atom. The Kier molecular flexibility index (Phi) is 32.8. The molecule has 3 heterocycles. The third-order valence-corrected chi connectivity index (χ3v) is 21.6. The summed E-state index contributed by atoms with van der Waals surface area (Å²) >= 11 is 0. The number of aliphatic carboxylic acids is 2. The third-order valence-electron chi connectivity index (χ3n) is 21.6. The molecule has 0 aromatic heterocycles. The molecule has 6 fully saturated rings. The number of cyclic esters (lactones) is 1. The largest absolute Gasteiger partial charge is 1.00 e. The molecule has 0 amide bonds. The maximum absolute atomic E-state index is 12.6. The predicted octanol–water partition coefficient (Wildman–Crippen LogP) is 0.469. The van der Waals surface area contributed by atoms with Gasteiger partial charge in [-0.05, 0) is 144 Å². The van der Waals surface area contributed by atoms with Crippen molar-refractivity contribution in [3.05, 3.63) is 85.1 Å². The Balaban J connectivity index is 0.000000460. The Morgan fingerprint density at radius 2 is 1.24 bits per heavy atom. The van der Waals surface area contributed by atoms with Crippen molar-refractivity contribution in [2.24, 2.45) is 70.3 Å². The number of esters is 1. The van der Waals surface area contributed by atoms with E-state index in [2.05, 4.69) is 13.8 Å². The summed E-state index contributed by atoms with van der Waals surface area (Å²) in [5.41, 5.74) is 5.95. The van der Waals surface area contributed by atoms with Crippen LogP contribution in [0.4, 0.5) is 0 Å². The first-order chi connectivity index (χ1) is 43.4. The molecule has 0 unspecified atom stereocenters. The van der Waals surface area contributed by atoms with Crippen LogP contribution in [0.25, 0.3) is 0 Å². The molecule has 3 aliphatic heterocycles. The summed E-state index contributed by atoms with van der Waals surface area (Å²) in [6.07, 6.45) is 12.6. The Bertz CT molecular complexity index is 2530. The van der Waals surface area contributed by atoms with Gasteiger partial charge >= 0.3 is 41.5 Å². The van der Waals surface area contributed by atoms with Gasteiger partial charge in [-0.25, -0.2) is 0 Å². The van der Waals surface area contributed by atoms with Crippen LogP contribution >= 0.6 is 0 Å². The van der Waals surface area contributed by atoms with Gasteiger partial charge in [0.25, 0.3) is 0 Å². The minimum atomic E-state index is -2.33. The molecule has 23 heteroatoms. The van der Waals surface area contributed by atoms with E-state index in [1.165, 1.54) is 32.3 Å². The summed E-state index contributed by atoms with van der Waals surface area (Å²) in [4.78, 5) is 36.0. The number of hydrogen-bond acceptors (Lipinski definition) is 21. The second kappa shape index (κ2) is 37.8. The molecule has 2 bridgehead atoms. The minimum Gasteiger partial charge on any atom is -0.550 e. The fourth-order valence-corrected chi connectivity index (χ4v) is 16.3. The molecular formula is C70H110NNaO21. The molecule has 0 radical (unpaired) electrons. The summed E-state index contributed by atoms with van der Waals surface area (Å²) in [6.45, 7) is 11.2. The Labute approximate surface area is 571 Å². The van der Waals surface area contributed by atoms with Gasteiger partial charge in [0, 0.05) is 43.5 Å². The van der Waals surface area contributed by atoms with Gasteiger partial charge in [-0.2, -0.15) is 0 Å². The molecular weight excluding hydrogens is 1210 g/mol. The van der Waals surface area contributed by atoms with E-state index < -0.39 is 153 Å². The van der Waals surface area contributed by atoms with Gasteiger partial charge in [0.15, 0.2) is 12.1 Å². The van der Waals surface area contributed by atoms with E-state index in [0.717, 1.165) is 32.1 Å². The Morgan fingerprint density at radius 1 is 0.645 bits per heavy atom. The van der Waals surface area contributed by atoms with Gasteiger partial charge in [-0.15, -0.1) is 0 Å². The topological polar surface area (TPSA) is 400 Å². The summed E-state index contributed by atoms with van der Waals surface area (Å²) in [6, 6.07) is -1.15. The number of allylic oxidation sites excluding steroid dienone is 12. The van der Waals surface area contributed by atoms with Gasteiger partial charge in [-0.1, -0.05) is 113 Å². The van der Waals surface area contributed by atoms with Gasteiger partial charge < -0.3 is 101 Å². The molecule has 4 aliphatic carbocycles. The number of aliphatic hydroxyl groups excluding tert-OH is 11. The van der Waals surface area contributed by atoms with Crippen molar-refractivity contribution < 1.29 is 134 Å². The minimum absolute atomic E-state index is 0. The first-order valence-electron chi connectivity index (χ1n) is 33.7. The van der Waals surface area contributed by atoms with Crippen LogP contribution in [-0.2, 0) is 33.3 Å². The third kappa shape index (κ3) is 22.7. The van der Waals surface area contributed by atoms with Crippen molar-refractivity contribution in [3.63, 3.8) is 0 Å². The zero-order valence-corrected chi connectivity index (χ0v) is 57.6. The summed E-state index contributed by atoms with van der Waals surface area (Å²) in [7, 11) is 0. The zero-order valence-electron chi connectivity index (χ0n) is 55.6. The number of carbonyl (C=O) groups excluding carboxylic acids is 2. The average Bonchev–Trinajstić information content (AvgIpc) is 1.66.